The Labute approximate surface area is 730 Å². The average molecular weight is 1630 g/mol. The van der Waals surface area contributed by atoms with E-state index in [9.17, 15) is 0 Å². The normalized spacial score (nSPS) is 27.2. The summed E-state index contributed by atoms with van der Waals surface area (Å²) < 4.78 is 5.67. The molecular formula is C105H216N10O. The number of piperidine rings is 5. The predicted octanol–water partition coefficient (Wildman–Crippen LogP) is 24.9. The van der Waals surface area contributed by atoms with Gasteiger partial charge in [-0.3, -0.25) is 4.90 Å². The van der Waals surface area contributed by atoms with Crippen molar-refractivity contribution in [3.05, 3.63) is 0 Å². The molecule has 0 amide bonds. The fourth-order valence-electron chi connectivity index (χ4n) is 21.0. The molecule has 1 saturated carbocycles. The van der Waals surface area contributed by atoms with Gasteiger partial charge in [0.1, 0.15) is 0 Å². The summed E-state index contributed by atoms with van der Waals surface area (Å²) in [6, 6.07) is 2.54. The van der Waals surface area contributed by atoms with E-state index in [0.29, 0.717) is 71.2 Å². The van der Waals surface area contributed by atoms with Gasteiger partial charge in [0.15, 0.2) is 0 Å². The lowest BCUT2D eigenvalue weighted by Crippen LogP contribution is -2.46. The lowest BCUT2D eigenvalue weighted by Gasteiger charge is -2.47. The third kappa shape index (κ3) is 39.6. The van der Waals surface area contributed by atoms with Crippen LogP contribution in [0.5, 0.6) is 0 Å². The van der Waals surface area contributed by atoms with Crippen molar-refractivity contribution in [3.8, 4) is 0 Å². The highest BCUT2D eigenvalue weighted by molar-refractivity contribution is 5.02. The van der Waals surface area contributed by atoms with Crippen molar-refractivity contribution in [2.75, 3.05) is 180 Å². The van der Waals surface area contributed by atoms with Gasteiger partial charge in [-0.1, -0.05) is 228 Å². The van der Waals surface area contributed by atoms with Crippen molar-refractivity contribution in [1.29, 1.82) is 0 Å². The van der Waals surface area contributed by atoms with Gasteiger partial charge < -0.3 is 48.8 Å². The minimum absolute atomic E-state index is 0.286. The first kappa shape index (κ1) is 110. The van der Waals surface area contributed by atoms with Crippen LogP contribution in [0.15, 0.2) is 0 Å². The molecule has 12 fully saturated rings. The second-order valence-corrected chi connectivity index (χ2v) is 52.4. The zero-order valence-corrected chi connectivity index (χ0v) is 87.3. The van der Waals surface area contributed by atoms with E-state index in [0.717, 1.165) is 67.4 Å². The van der Waals surface area contributed by atoms with E-state index in [4.69, 9.17) is 4.74 Å². The fourth-order valence-corrected chi connectivity index (χ4v) is 21.0. The summed E-state index contributed by atoms with van der Waals surface area (Å²) in [5.74, 6) is 4.70. The molecule has 11 saturated heterocycles. The Bertz CT molecular complexity index is 2530. The SMILES string of the molecule is CC(C)(C)C1CCN(C2CC2)CC1.CC(C)(C)CC12CCCN1CCC2.CC(C)N1CCC(C(C)(C)C)CC1.CCN1CCC(C(C)(C)C)CC1.CN1CCC(C(C)(C)C)C1.CN1CCC(C(C)(C)C)CC1.CN1CCC(C)(C(C)(C)C)C1.CN1CCC(C)(C(C)(C)C)CC1.CN1CCCC1C(C)(C)C.CN1CCOC(C(C)(C)C)C1. The van der Waals surface area contributed by atoms with Gasteiger partial charge in [0.05, 0.1) is 12.7 Å². The summed E-state index contributed by atoms with van der Waals surface area (Å²) in [6.45, 7) is 109. The highest BCUT2D eigenvalue weighted by atomic mass is 16.5. The minimum Gasteiger partial charge on any atom is -0.375 e. The van der Waals surface area contributed by atoms with E-state index in [1.807, 2.05) is 0 Å². The second kappa shape index (κ2) is 46.9. The number of morpholine rings is 1. The number of hydrogen-bond acceptors (Lipinski definition) is 11. The Morgan fingerprint density at radius 3 is 1.02 bits per heavy atom. The molecule has 0 aromatic carbocycles. The van der Waals surface area contributed by atoms with E-state index in [2.05, 4.69) is 334 Å². The Morgan fingerprint density at radius 2 is 0.724 bits per heavy atom. The monoisotopic (exact) mass is 1630 g/mol. The van der Waals surface area contributed by atoms with E-state index < -0.39 is 0 Å². The molecule has 11 aliphatic heterocycles. The minimum atomic E-state index is 0.286. The number of likely N-dealkylation sites (N-methyl/N-ethyl adjacent to an activating group) is 1. The van der Waals surface area contributed by atoms with Gasteiger partial charge in [-0.2, -0.15) is 0 Å². The molecule has 11 heteroatoms. The largest absolute Gasteiger partial charge is 0.375 e. The fraction of sp³-hybridized carbons (Fsp3) is 1.00. The highest BCUT2D eigenvalue weighted by Crippen LogP contribution is 2.49. The molecule has 0 bridgehead atoms. The van der Waals surface area contributed by atoms with Crippen LogP contribution in [0.3, 0.4) is 0 Å². The van der Waals surface area contributed by atoms with Crippen molar-refractivity contribution < 1.29 is 4.74 Å². The smallest absolute Gasteiger partial charge is 0.0750 e. The standard InChI is InChI=1S/2C12H23N.C12H25N.2C11H23N.2C10H21N.C9H19NO.2C9H19N/c1-11(2,3)10-12-6-4-8-13(12)9-5-7-12;1-12(2,3)10-6-8-13(9-7-10)11-4-5-11;1-10(2)13-8-6-11(7-9-13)12(3,4)5;1-10(2,3)11(4)6-8-12(5)9-7-11;1-5-12-8-6-10(7-9-12)11(2,3)4;1-9(2,3)10(4)6-7-11(5)8-10;1-10(2,3)9-5-7-11(4)8-6-9;1-9(2,3)8-7-10(4)5-6-11-8;1-9(2,3)8-5-6-10(4)7-8;1-9(2,3)8-6-5-7-10(8)4/h4-10H2,1-3H3;10-11H,4-9H2,1-3H3;10-11H,6-9H2,1-5H3;6-9H2,1-5H3;10H,5-9H2,1-4H3;6-8H2,1-5H3;9H,5-8H2,1-4H3;8H,5-7H2,1-4H3;2*8H,5-7H2,1-4H3. The molecule has 116 heavy (non-hydrogen) atoms. The van der Waals surface area contributed by atoms with E-state index in [-0.39, 0.29) is 5.41 Å². The molecule has 0 aromatic heterocycles. The van der Waals surface area contributed by atoms with E-state index >= 15 is 0 Å². The van der Waals surface area contributed by atoms with Gasteiger partial charge in [-0.15, -0.1) is 0 Å². The van der Waals surface area contributed by atoms with Crippen LogP contribution in [0.25, 0.3) is 0 Å². The summed E-state index contributed by atoms with van der Waals surface area (Å²) in [6.07, 6.45) is 30.0. The lowest BCUT2D eigenvalue weighted by molar-refractivity contribution is -0.0729. The predicted molar refractivity (Wildman–Crippen MR) is 517 cm³/mol. The summed E-state index contributed by atoms with van der Waals surface area (Å²) in [7, 11) is 13.3. The van der Waals surface area contributed by atoms with Crippen LogP contribution in [0.1, 0.15) is 377 Å². The average Bonchev–Trinajstić information content (AvgIpc) is 1.59. The van der Waals surface area contributed by atoms with Crippen molar-refractivity contribution in [2.45, 2.75) is 407 Å². The topological polar surface area (TPSA) is 41.6 Å². The maximum absolute atomic E-state index is 5.67. The molecule has 12 rings (SSSR count). The first-order valence-corrected chi connectivity index (χ1v) is 49.5. The van der Waals surface area contributed by atoms with Crippen LogP contribution in [-0.4, -0.2) is 259 Å². The summed E-state index contributed by atoms with van der Waals surface area (Å²) in [4.78, 5) is 25.2. The van der Waals surface area contributed by atoms with Crippen molar-refractivity contribution >= 4 is 0 Å². The van der Waals surface area contributed by atoms with Gasteiger partial charge in [-0.05, 0) is 390 Å². The number of ether oxygens (including phenoxy) is 1. The number of hydrogen-bond donors (Lipinski definition) is 0. The molecule has 11 nitrogen and oxygen atoms in total. The van der Waals surface area contributed by atoms with E-state index in [1.54, 1.807) is 0 Å². The van der Waals surface area contributed by atoms with Gasteiger partial charge in [0.25, 0.3) is 0 Å². The Hall–Kier alpha value is -0.440. The maximum Gasteiger partial charge on any atom is 0.0750 e. The molecular weight excluding hydrogens is 1420 g/mol. The Balaban J connectivity index is 0.000000334. The number of rotatable bonds is 4. The molecule has 0 aromatic rings. The molecule has 1 aliphatic carbocycles. The molecule has 12 aliphatic rings. The molecule has 0 radical (unpaired) electrons. The lowest BCUT2D eigenvalue weighted by atomic mass is 9.63. The zero-order chi connectivity index (χ0) is 88.9. The van der Waals surface area contributed by atoms with Crippen molar-refractivity contribution in [3.63, 3.8) is 0 Å². The molecule has 4 unspecified atom stereocenters. The highest BCUT2D eigenvalue weighted by Gasteiger charge is 2.47. The van der Waals surface area contributed by atoms with Gasteiger partial charge in [0, 0.05) is 49.8 Å². The Morgan fingerprint density at radius 1 is 0.345 bits per heavy atom. The van der Waals surface area contributed by atoms with Gasteiger partial charge in [0.2, 0.25) is 0 Å². The zero-order valence-electron chi connectivity index (χ0n) is 87.3. The molecule has 4 atom stereocenters. The molecule has 11 heterocycles. The van der Waals surface area contributed by atoms with Crippen LogP contribution >= 0.6 is 0 Å². The quantitative estimate of drug-likeness (QED) is 0.270. The van der Waals surface area contributed by atoms with Crippen LogP contribution in [0, 0.1) is 94.6 Å². The van der Waals surface area contributed by atoms with Crippen LogP contribution in [0.2, 0.25) is 0 Å². The van der Waals surface area contributed by atoms with Gasteiger partial charge >= 0.3 is 0 Å². The summed E-state index contributed by atoms with van der Waals surface area (Å²) in [5, 5.41) is 0. The first-order valence-electron chi connectivity index (χ1n) is 49.5. The van der Waals surface area contributed by atoms with E-state index in [1.165, 1.54) is 253 Å². The van der Waals surface area contributed by atoms with Crippen LogP contribution in [-0.2, 0) is 4.74 Å². The third-order valence-corrected chi connectivity index (χ3v) is 31.9. The number of likely N-dealkylation sites (tertiary alicyclic amines) is 8. The molecule has 0 N–H and O–H groups in total. The summed E-state index contributed by atoms with van der Waals surface area (Å²) >= 11 is 0. The van der Waals surface area contributed by atoms with Crippen molar-refractivity contribution in [1.82, 2.24) is 49.0 Å². The first-order chi connectivity index (χ1) is 52.8. The third-order valence-electron chi connectivity index (χ3n) is 31.9. The van der Waals surface area contributed by atoms with Crippen molar-refractivity contribution in [2.24, 2.45) is 94.6 Å². The second-order valence-electron chi connectivity index (χ2n) is 52.4. The van der Waals surface area contributed by atoms with Crippen LogP contribution in [0.4, 0.5) is 0 Å². The van der Waals surface area contributed by atoms with Crippen LogP contribution < -0.4 is 0 Å². The molecule has 0 spiro atoms. The Kier molecular flexibility index (Phi) is 44.3. The number of nitrogens with zero attached hydrogens (tertiary/aromatic N) is 10. The summed E-state index contributed by atoms with van der Waals surface area (Å²) in [5.41, 5.74) is 6.53. The maximum atomic E-state index is 5.67. The molecule has 692 valence electrons. The van der Waals surface area contributed by atoms with Gasteiger partial charge in [-0.25, -0.2) is 0 Å². The number of fused-ring (bicyclic) bond motifs is 1.